The van der Waals surface area contributed by atoms with Gasteiger partial charge in [-0.05, 0) is 24.1 Å². The highest BCUT2D eigenvalue weighted by Crippen LogP contribution is 2.22. The summed E-state index contributed by atoms with van der Waals surface area (Å²) in [5.74, 6) is 0.0402. The predicted molar refractivity (Wildman–Crippen MR) is 61.4 cm³/mol. The minimum atomic E-state index is -0.953. The molecule has 0 aliphatic carbocycles. The van der Waals surface area contributed by atoms with Crippen LogP contribution in [0, 0.1) is 5.92 Å². The lowest BCUT2D eigenvalue weighted by Crippen LogP contribution is -2.05. The average Bonchev–Trinajstić information content (AvgIpc) is 2.13. The number of halogens is 1. The molecule has 0 spiro atoms. The molecular weight excluding hydrogens is 260 g/mol. The number of ether oxygens (including phenoxy) is 1. The number of carboxylic acid groups (broad SMARTS) is 1. The second kappa shape index (κ2) is 5.16. The summed E-state index contributed by atoms with van der Waals surface area (Å²) in [5, 5.41) is 8.83. The van der Waals surface area contributed by atoms with Gasteiger partial charge in [0.25, 0.3) is 0 Å². The lowest BCUT2D eigenvalue weighted by Gasteiger charge is -2.09. The van der Waals surface area contributed by atoms with Crippen molar-refractivity contribution >= 4 is 21.9 Å². The van der Waals surface area contributed by atoms with Crippen molar-refractivity contribution in [2.75, 3.05) is 6.61 Å². The van der Waals surface area contributed by atoms with Crippen LogP contribution in [0.2, 0.25) is 0 Å². The summed E-state index contributed by atoms with van der Waals surface area (Å²) in [6.45, 7) is 4.65. The Hall–Kier alpha value is -1.03. The Bertz CT molecular complexity index is 361. The van der Waals surface area contributed by atoms with Crippen molar-refractivity contribution in [3.05, 3.63) is 28.2 Å². The monoisotopic (exact) mass is 272 g/mol. The Labute approximate surface area is 97.2 Å². The van der Waals surface area contributed by atoms with E-state index >= 15 is 0 Å². The first-order valence-electron chi connectivity index (χ1n) is 4.65. The SMILES string of the molecule is CC(C)COc1cc(Br)cc(C(=O)O)c1. The molecule has 82 valence electrons. The van der Waals surface area contributed by atoms with Crippen molar-refractivity contribution in [2.45, 2.75) is 13.8 Å². The molecule has 0 heterocycles. The highest BCUT2D eigenvalue weighted by atomic mass is 79.9. The molecule has 15 heavy (non-hydrogen) atoms. The van der Waals surface area contributed by atoms with E-state index in [-0.39, 0.29) is 5.56 Å². The Morgan fingerprint density at radius 1 is 1.47 bits per heavy atom. The third-order valence-electron chi connectivity index (χ3n) is 1.70. The van der Waals surface area contributed by atoms with E-state index in [1.165, 1.54) is 6.07 Å². The molecule has 0 atom stereocenters. The summed E-state index contributed by atoms with van der Waals surface area (Å²) < 4.78 is 6.16. The summed E-state index contributed by atoms with van der Waals surface area (Å²) in [4.78, 5) is 10.8. The Kier molecular flexibility index (Phi) is 4.15. The van der Waals surface area contributed by atoms with Crippen molar-refractivity contribution in [2.24, 2.45) is 5.92 Å². The molecule has 0 unspecified atom stereocenters. The molecule has 1 rings (SSSR count). The Balaban J connectivity index is 2.84. The maximum atomic E-state index is 10.8. The van der Waals surface area contributed by atoms with Gasteiger partial charge in [-0.15, -0.1) is 0 Å². The van der Waals surface area contributed by atoms with Crippen LogP contribution in [0.4, 0.5) is 0 Å². The fourth-order valence-corrected chi connectivity index (χ4v) is 1.50. The highest BCUT2D eigenvalue weighted by molar-refractivity contribution is 9.10. The second-order valence-corrected chi connectivity index (χ2v) is 4.60. The summed E-state index contributed by atoms with van der Waals surface area (Å²) in [6.07, 6.45) is 0. The largest absolute Gasteiger partial charge is 0.493 e. The Morgan fingerprint density at radius 2 is 2.13 bits per heavy atom. The zero-order chi connectivity index (χ0) is 11.4. The van der Waals surface area contributed by atoms with Crippen LogP contribution in [0.1, 0.15) is 24.2 Å². The van der Waals surface area contributed by atoms with Gasteiger partial charge in [0.2, 0.25) is 0 Å². The van der Waals surface area contributed by atoms with Crippen molar-refractivity contribution in [1.29, 1.82) is 0 Å². The van der Waals surface area contributed by atoms with Gasteiger partial charge in [-0.3, -0.25) is 0 Å². The van der Waals surface area contributed by atoms with Crippen LogP contribution in [-0.4, -0.2) is 17.7 Å². The number of hydrogen-bond acceptors (Lipinski definition) is 2. The van der Waals surface area contributed by atoms with Crippen molar-refractivity contribution in [1.82, 2.24) is 0 Å². The summed E-state index contributed by atoms with van der Waals surface area (Å²) >= 11 is 3.24. The minimum Gasteiger partial charge on any atom is -0.493 e. The van der Waals surface area contributed by atoms with Crippen LogP contribution in [0.15, 0.2) is 22.7 Å². The molecule has 1 N–H and O–H groups in total. The maximum Gasteiger partial charge on any atom is 0.335 e. The van der Waals surface area contributed by atoms with E-state index in [1.807, 2.05) is 13.8 Å². The first kappa shape index (κ1) is 12.0. The number of hydrogen-bond donors (Lipinski definition) is 1. The molecule has 0 saturated heterocycles. The number of carboxylic acids is 1. The first-order chi connectivity index (χ1) is 6.99. The van der Waals surface area contributed by atoms with E-state index in [0.29, 0.717) is 22.7 Å². The zero-order valence-corrected chi connectivity index (χ0v) is 10.2. The van der Waals surface area contributed by atoms with Crippen LogP contribution in [0.5, 0.6) is 5.75 Å². The smallest absolute Gasteiger partial charge is 0.335 e. The molecule has 0 aliphatic heterocycles. The molecule has 4 heteroatoms. The van der Waals surface area contributed by atoms with E-state index < -0.39 is 5.97 Å². The molecule has 0 bridgehead atoms. The molecular formula is C11H13BrO3. The van der Waals surface area contributed by atoms with Gasteiger partial charge in [0.05, 0.1) is 12.2 Å². The van der Waals surface area contributed by atoms with E-state index in [4.69, 9.17) is 9.84 Å². The number of benzene rings is 1. The number of rotatable bonds is 4. The van der Waals surface area contributed by atoms with Crippen LogP contribution in [0.3, 0.4) is 0 Å². The molecule has 0 aliphatic rings. The van der Waals surface area contributed by atoms with E-state index in [9.17, 15) is 4.79 Å². The molecule has 0 radical (unpaired) electrons. The van der Waals surface area contributed by atoms with Crippen LogP contribution >= 0.6 is 15.9 Å². The summed E-state index contributed by atoms with van der Waals surface area (Å²) in [5.41, 5.74) is 0.225. The summed E-state index contributed by atoms with van der Waals surface area (Å²) in [6, 6.07) is 4.83. The third kappa shape index (κ3) is 3.91. The van der Waals surface area contributed by atoms with Crippen LogP contribution in [-0.2, 0) is 0 Å². The lowest BCUT2D eigenvalue weighted by molar-refractivity contribution is 0.0696. The van der Waals surface area contributed by atoms with Gasteiger partial charge in [-0.1, -0.05) is 29.8 Å². The second-order valence-electron chi connectivity index (χ2n) is 3.69. The van der Waals surface area contributed by atoms with E-state index in [0.717, 1.165) is 0 Å². The van der Waals surface area contributed by atoms with Crippen LogP contribution in [0.25, 0.3) is 0 Å². The minimum absolute atomic E-state index is 0.225. The van der Waals surface area contributed by atoms with Gasteiger partial charge in [0, 0.05) is 4.47 Å². The molecule has 0 amide bonds. The van der Waals surface area contributed by atoms with E-state index in [1.54, 1.807) is 12.1 Å². The van der Waals surface area contributed by atoms with Crippen molar-refractivity contribution < 1.29 is 14.6 Å². The highest BCUT2D eigenvalue weighted by Gasteiger charge is 2.07. The van der Waals surface area contributed by atoms with E-state index in [2.05, 4.69) is 15.9 Å². The fraction of sp³-hybridized carbons (Fsp3) is 0.364. The number of carbonyl (C=O) groups is 1. The standard InChI is InChI=1S/C11H13BrO3/c1-7(2)6-15-10-4-8(11(13)14)3-9(12)5-10/h3-5,7H,6H2,1-2H3,(H,13,14). The molecule has 0 saturated carbocycles. The Morgan fingerprint density at radius 3 is 2.67 bits per heavy atom. The molecule has 1 aromatic carbocycles. The quantitative estimate of drug-likeness (QED) is 0.916. The molecule has 0 fully saturated rings. The average molecular weight is 273 g/mol. The van der Waals surface area contributed by atoms with Gasteiger partial charge >= 0.3 is 5.97 Å². The van der Waals surface area contributed by atoms with Gasteiger partial charge in [0.15, 0.2) is 0 Å². The molecule has 3 nitrogen and oxygen atoms in total. The lowest BCUT2D eigenvalue weighted by atomic mass is 10.2. The molecule has 0 aromatic heterocycles. The maximum absolute atomic E-state index is 10.8. The summed E-state index contributed by atoms with van der Waals surface area (Å²) in [7, 11) is 0. The van der Waals surface area contributed by atoms with Gasteiger partial charge in [-0.2, -0.15) is 0 Å². The topological polar surface area (TPSA) is 46.5 Å². The van der Waals surface area contributed by atoms with Crippen molar-refractivity contribution in [3.8, 4) is 5.75 Å². The van der Waals surface area contributed by atoms with Crippen LogP contribution < -0.4 is 4.74 Å². The van der Waals surface area contributed by atoms with Gasteiger partial charge < -0.3 is 9.84 Å². The third-order valence-corrected chi connectivity index (χ3v) is 2.16. The predicted octanol–water partition coefficient (Wildman–Crippen LogP) is 3.18. The zero-order valence-electron chi connectivity index (χ0n) is 8.66. The van der Waals surface area contributed by atoms with Gasteiger partial charge in [-0.25, -0.2) is 4.79 Å². The number of aromatic carboxylic acids is 1. The first-order valence-corrected chi connectivity index (χ1v) is 5.45. The fourth-order valence-electron chi connectivity index (χ4n) is 1.03. The molecule has 1 aromatic rings. The van der Waals surface area contributed by atoms with Crippen molar-refractivity contribution in [3.63, 3.8) is 0 Å². The normalized spacial score (nSPS) is 10.4. The van der Waals surface area contributed by atoms with Gasteiger partial charge in [0.1, 0.15) is 5.75 Å².